The van der Waals surface area contributed by atoms with Crippen LogP contribution in [0, 0.1) is 0 Å². The van der Waals surface area contributed by atoms with Crippen molar-refractivity contribution >= 4 is 39.1 Å². The number of alkyl halides is 3. The summed E-state index contributed by atoms with van der Waals surface area (Å²) in [6, 6.07) is 6.40. The van der Waals surface area contributed by atoms with Crippen LogP contribution in [0.1, 0.15) is 15.9 Å². The second-order valence-corrected chi connectivity index (χ2v) is 8.88. The third-order valence-corrected chi connectivity index (χ3v) is 6.76. The molecule has 0 saturated carbocycles. The largest absolute Gasteiger partial charge is 0.416 e. The first-order chi connectivity index (χ1) is 13.5. The molecule has 1 fully saturated rings. The maximum absolute atomic E-state index is 12.9. The van der Waals surface area contributed by atoms with E-state index in [4.69, 9.17) is 23.2 Å². The van der Waals surface area contributed by atoms with Gasteiger partial charge in [-0.25, -0.2) is 13.4 Å². The van der Waals surface area contributed by atoms with Crippen LogP contribution in [-0.4, -0.2) is 54.7 Å². The van der Waals surface area contributed by atoms with Crippen molar-refractivity contribution in [1.82, 2.24) is 14.2 Å². The van der Waals surface area contributed by atoms with Gasteiger partial charge in [-0.2, -0.15) is 17.5 Å². The summed E-state index contributed by atoms with van der Waals surface area (Å²) in [5.41, 5.74) is -0.914. The lowest BCUT2D eigenvalue weighted by molar-refractivity contribution is -0.137. The number of hydrogen-bond acceptors (Lipinski definition) is 4. The molecule has 2 heterocycles. The number of piperazine rings is 1. The molecule has 0 radical (unpaired) electrons. The second-order valence-electron chi connectivity index (χ2n) is 6.19. The van der Waals surface area contributed by atoms with Crippen molar-refractivity contribution in [3.63, 3.8) is 0 Å². The second kappa shape index (κ2) is 8.10. The zero-order chi connectivity index (χ0) is 21.4. The molecule has 0 N–H and O–H groups in total. The Morgan fingerprint density at radius 2 is 1.69 bits per heavy atom. The Morgan fingerprint density at radius 3 is 2.28 bits per heavy atom. The third kappa shape index (κ3) is 4.66. The number of hydrogen-bond donors (Lipinski definition) is 0. The number of halogens is 5. The smallest absolute Gasteiger partial charge is 0.336 e. The summed E-state index contributed by atoms with van der Waals surface area (Å²) < 4.78 is 65.1. The van der Waals surface area contributed by atoms with E-state index in [2.05, 4.69) is 4.98 Å². The van der Waals surface area contributed by atoms with Crippen LogP contribution in [0.25, 0.3) is 0 Å². The fraction of sp³-hybridized carbons (Fsp3) is 0.294. The lowest BCUT2D eigenvalue weighted by Gasteiger charge is -2.34. The van der Waals surface area contributed by atoms with Gasteiger partial charge in [0.15, 0.2) is 0 Å². The van der Waals surface area contributed by atoms with Crippen LogP contribution in [0.3, 0.4) is 0 Å². The van der Waals surface area contributed by atoms with E-state index in [1.807, 2.05) is 0 Å². The van der Waals surface area contributed by atoms with Gasteiger partial charge in [0.05, 0.1) is 16.0 Å². The van der Waals surface area contributed by atoms with E-state index in [-0.39, 0.29) is 42.0 Å². The average Bonchev–Trinajstić information content (AvgIpc) is 2.67. The highest BCUT2D eigenvalue weighted by Gasteiger charge is 2.34. The molecule has 0 atom stereocenters. The van der Waals surface area contributed by atoms with Crippen LogP contribution in [0.4, 0.5) is 13.2 Å². The summed E-state index contributed by atoms with van der Waals surface area (Å²) in [5.74, 6) is -0.435. The Hall–Kier alpha value is -1.88. The summed E-state index contributed by atoms with van der Waals surface area (Å²) in [6.45, 7) is -0.0299. The Balaban J connectivity index is 1.74. The van der Waals surface area contributed by atoms with E-state index in [1.165, 1.54) is 17.0 Å². The number of nitrogens with zero attached hydrogens (tertiary/aromatic N) is 3. The first kappa shape index (κ1) is 21.8. The number of carbonyl (C=O) groups excluding carboxylic acids is 1. The molecule has 0 bridgehead atoms. The molecule has 0 unspecified atom stereocenters. The van der Waals surface area contributed by atoms with Gasteiger partial charge >= 0.3 is 6.18 Å². The number of sulfonamides is 1. The van der Waals surface area contributed by atoms with E-state index in [0.29, 0.717) is 6.07 Å². The fourth-order valence-electron chi connectivity index (χ4n) is 2.86. The first-order valence-electron chi connectivity index (χ1n) is 8.29. The van der Waals surface area contributed by atoms with Gasteiger partial charge in [-0.15, -0.1) is 0 Å². The van der Waals surface area contributed by atoms with Gasteiger partial charge in [0.1, 0.15) is 10.3 Å². The molecule has 1 amide bonds. The van der Waals surface area contributed by atoms with Crippen LogP contribution in [0.5, 0.6) is 0 Å². The molecule has 0 spiro atoms. The standard InChI is InChI=1S/C17H14Cl2F3N3O3S/c18-14-5-4-13(15(19)23-14)16(26)24-6-8-25(9-7-24)29(27,28)12-3-1-2-11(10-12)17(20,21)22/h1-5,10H,6-9H2. The predicted molar refractivity (Wildman–Crippen MR) is 100 cm³/mol. The Kier molecular flexibility index (Phi) is 6.09. The molecule has 1 aromatic heterocycles. The van der Waals surface area contributed by atoms with Gasteiger partial charge in [0, 0.05) is 26.2 Å². The molecular formula is C17H14Cl2F3N3O3S. The van der Waals surface area contributed by atoms with Crippen LogP contribution in [0.2, 0.25) is 10.3 Å². The zero-order valence-corrected chi connectivity index (χ0v) is 17.0. The summed E-state index contributed by atoms with van der Waals surface area (Å²) in [7, 11) is -4.13. The van der Waals surface area contributed by atoms with E-state index in [1.54, 1.807) is 0 Å². The minimum absolute atomic E-state index is 0.0516. The SMILES string of the molecule is O=C(c1ccc(Cl)nc1Cl)N1CCN(S(=O)(=O)c2cccc(C(F)(F)F)c2)CC1. The first-order valence-corrected chi connectivity index (χ1v) is 10.5. The third-order valence-electron chi connectivity index (χ3n) is 4.37. The number of aromatic nitrogens is 1. The Bertz CT molecular complexity index is 1040. The van der Waals surface area contributed by atoms with Crippen LogP contribution in [0.15, 0.2) is 41.3 Å². The lowest BCUT2D eigenvalue weighted by atomic mass is 10.2. The highest BCUT2D eigenvalue weighted by atomic mass is 35.5. The van der Waals surface area contributed by atoms with Gasteiger partial charge in [0.25, 0.3) is 5.91 Å². The minimum atomic E-state index is -4.65. The summed E-state index contributed by atoms with van der Waals surface area (Å²) in [5, 5.41) is 0.0602. The molecule has 3 rings (SSSR count). The molecule has 1 saturated heterocycles. The van der Waals surface area contributed by atoms with Gasteiger partial charge in [-0.3, -0.25) is 4.79 Å². The van der Waals surface area contributed by atoms with Crippen molar-refractivity contribution in [2.45, 2.75) is 11.1 Å². The quantitative estimate of drug-likeness (QED) is 0.647. The summed E-state index contributed by atoms with van der Waals surface area (Å²) in [4.78, 5) is 17.3. The molecule has 2 aromatic rings. The van der Waals surface area contributed by atoms with Crippen LogP contribution < -0.4 is 0 Å². The van der Waals surface area contributed by atoms with Gasteiger partial charge < -0.3 is 4.90 Å². The molecule has 1 aliphatic heterocycles. The zero-order valence-electron chi connectivity index (χ0n) is 14.7. The predicted octanol–water partition coefficient (Wildman–Crippen LogP) is 3.55. The van der Waals surface area contributed by atoms with E-state index in [9.17, 15) is 26.4 Å². The molecule has 6 nitrogen and oxygen atoms in total. The fourth-order valence-corrected chi connectivity index (χ4v) is 4.75. The van der Waals surface area contributed by atoms with Crippen molar-refractivity contribution in [2.75, 3.05) is 26.2 Å². The summed E-state index contributed by atoms with van der Waals surface area (Å²) in [6.07, 6.45) is -4.65. The van der Waals surface area contributed by atoms with Crippen molar-refractivity contribution in [1.29, 1.82) is 0 Å². The van der Waals surface area contributed by atoms with Gasteiger partial charge in [-0.1, -0.05) is 29.3 Å². The van der Waals surface area contributed by atoms with Crippen LogP contribution >= 0.6 is 23.2 Å². The number of pyridine rings is 1. The van der Waals surface area contributed by atoms with Gasteiger partial charge in [-0.05, 0) is 30.3 Å². The molecule has 12 heteroatoms. The Morgan fingerprint density at radius 1 is 1.03 bits per heavy atom. The van der Waals surface area contributed by atoms with Crippen molar-refractivity contribution in [2.24, 2.45) is 0 Å². The summed E-state index contributed by atoms with van der Waals surface area (Å²) >= 11 is 11.6. The average molecular weight is 468 g/mol. The molecule has 1 aromatic carbocycles. The molecule has 29 heavy (non-hydrogen) atoms. The van der Waals surface area contributed by atoms with Crippen molar-refractivity contribution in [3.8, 4) is 0 Å². The highest BCUT2D eigenvalue weighted by molar-refractivity contribution is 7.89. The molecular weight excluding hydrogens is 454 g/mol. The monoisotopic (exact) mass is 467 g/mol. The Labute approximate surface area is 174 Å². The lowest BCUT2D eigenvalue weighted by Crippen LogP contribution is -2.50. The minimum Gasteiger partial charge on any atom is -0.336 e. The molecule has 1 aliphatic rings. The van der Waals surface area contributed by atoms with Crippen molar-refractivity contribution < 1.29 is 26.4 Å². The topological polar surface area (TPSA) is 70.6 Å². The number of amides is 1. The normalized spacial score (nSPS) is 16.1. The molecule has 156 valence electrons. The van der Waals surface area contributed by atoms with E-state index in [0.717, 1.165) is 22.5 Å². The number of carbonyl (C=O) groups is 1. The van der Waals surface area contributed by atoms with Crippen LogP contribution in [-0.2, 0) is 16.2 Å². The van der Waals surface area contributed by atoms with Crippen molar-refractivity contribution in [3.05, 3.63) is 57.8 Å². The number of rotatable bonds is 3. The number of benzene rings is 1. The molecule has 0 aliphatic carbocycles. The maximum Gasteiger partial charge on any atom is 0.416 e. The maximum atomic E-state index is 12.9. The van der Waals surface area contributed by atoms with E-state index >= 15 is 0 Å². The highest BCUT2D eigenvalue weighted by Crippen LogP contribution is 2.31. The van der Waals surface area contributed by atoms with E-state index < -0.39 is 32.6 Å². The van der Waals surface area contributed by atoms with Gasteiger partial charge in [0.2, 0.25) is 10.0 Å².